The van der Waals surface area contributed by atoms with E-state index in [1.54, 1.807) is 0 Å². The Balaban J connectivity index is 1.17. The monoisotopic (exact) mass is 493 g/mol. The largest absolute Gasteiger partial charge is 0.351 e. The minimum atomic E-state index is -0.783. The topological polar surface area (TPSA) is 56.4 Å². The lowest BCUT2D eigenvalue weighted by molar-refractivity contribution is 0.0563. The van der Waals surface area contributed by atoms with E-state index in [1.165, 1.54) is 6.07 Å². The molecule has 1 amide bonds. The van der Waals surface area contributed by atoms with Crippen molar-refractivity contribution in [3.63, 3.8) is 0 Å². The molecule has 1 aromatic heterocycles. The standard InChI is InChI=1S/C29H33F2N3O2/c1-19-5-6-21-17-27(32-26(21)16-19)29(36)34-12-3-2-4-23(34)11-15-33-13-9-20(10-14-33)28(35)24-8-7-22(30)18-25(24)31/h5-8,16-18,20,23,32H,2-4,9-15H2,1H3/t23-/m0/s1. The summed E-state index contributed by atoms with van der Waals surface area (Å²) in [5, 5.41) is 1.05. The average molecular weight is 494 g/mol. The summed E-state index contributed by atoms with van der Waals surface area (Å²) in [4.78, 5) is 33.8. The lowest BCUT2D eigenvalue weighted by Crippen LogP contribution is -2.46. The summed E-state index contributed by atoms with van der Waals surface area (Å²) in [5.41, 5.74) is 2.78. The van der Waals surface area contributed by atoms with Crippen LogP contribution in [-0.2, 0) is 0 Å². The molecule has 0 unspecified atom stereocenters. The summed E-state index contributed by atoms with van der Waals surface area (Å²) in [7, 11) is 0. The number of nitrogens with one attached hydrogen (secondary N) is 1. The molecule has 5 rings (SSSR count). The minimum Gasteiger partial charge on any atom is -0.351 e. The van der Waals surface area contributed by atoms with Crippen molar-refractivity contribution in [1.29, 1.82) is 0 Å². The number of nitrogens with zero attached hydrogens (tertiary/aromatic N) is 2. The number of Topliss-reactive ketones (excluding diaryl/α,β-unsaturated/α-hetero) is 1. The predicted octanol–water partition coefficient (Wildman–Crippen LogP) is 5.73. The number of aromatic amines is 1. The number of benzene rings is 2. The van der Waals surface area contributed by atoms with E-state index in [-0.39, 0.29) is 29.2 Å². The van der Waals surface area contributed by atoms with Gasteiger partial charge in [0, 0.05) is 42.0 Å². The molecule has 36 heavy (non-hydrogen) atoms. The fourth-order valence-electron chi connectivity index (χ4n) is 5.74. The molecule has 2 aliphatic heterocycles. The number of aromatic nitrogens is 1. The maximum atomic E-state index is 14.1. The second kappa shape index (κ2) is 10.5. The van der Waals surface area contributed by atoms with E-state index < -0.39 is 11.6 Å². The van der Waals surface area contributed by atoms with Crippen LogP contribution >= 0.6 is 0 Å². The van der Waals surface area contributed by atoms with E-state index in [0.717, 1.165) is 80.5 Å². The van der Waals surface area contributed by atoms with Gasteiger partial charge in [0.15, 0.2) is 5.78 Å². The highest BCUT2D eigenvalue weighted by Gasteiger charge is 2.31. The maximum absolute atomic E-state index is 14.1. The van der Waals surface area contributed by atoms with Gasteiger partial charge in [-0.25, -0.2) is 8.78 Å². The van der Waals surface area contributed by atoms with Crippen molar-refractivity contribution < 1.29 is 18.4 Å². The number of hydrogen-bond acceptors (Lipinski definition) is 3. The fourth-order valence-corrected chi connectivity index (χ4v) is 5.74. The number of halogens is 2. The van der Waals surface area contributed by atoms with Crippen LogP contribution in [0.25, 0.3) is 10.9 Å². The Kier molecular flexibility index (Phi) is 7.19. The number of rotatable bonds is 6. The zero-order chi connectivity index (χ0) is 25.2. The van der Waals surface area contributed by atoms with Gasteiger partial charge in [-0.05, 0) is 88.4 Å². The van der Waals surface area contributed by atoms with Gasteiger partial charge in [0.1, 0.15) is 17.3 Å². The molecule has 2 saturated heterocycles. The molecule has 1 N–H and O–H groups in total. The lowest BCUT2D eigenvalue weighted by Gasteiger charge is -2.38. The van der Waals surface area contributed by atoms with Gasteiger partial charge in [-0.1, -0.05) is 12.1 Å². The van der Waals surface area contributed by atoms with E-state index in [9.17, 15) is 18.4 Å². The molecule has 2 aliphatic rings. The number of ketones is 1. The van der Waals surface area contributed by atoms with Crippen LogP contribution in [0.2, 0.25) is 0 Å². The molecule has 3 heterocycles. The Morgan fingerprint density at radius 1 is 0.972 bits per heavy atom. The van der Waals surface area contributed by atoms with Crippen LogP contribution in [0.3, 0.4) is 0 Å². The Morgan fingerprint density at radius 2 is 1.78 bits per heavy atom. The Bertz CT molecular complexity index is 1260. The van der Waals surface area contributed by atoms with Gasteiger partial charge in [-0.2, -0.15) is 0 Å². The van der Waals surface area contributed by atoms with Crippen LogP contribution in [0, 0.1) is 24.5 Å². The van der Waals surface area contributed by atoms with Crippen molar-refractivity contribution in [3.8, 4) is 0 Å². The first kappa shape index (κ1) is 24.6. The first-order valence-corrected chi connectivity index (χ1v) is 13.0. The second-order valence-corrected chi connectivity index (χ2v) is 10.3. The number of hydrogen-bond donors (Lipinski definition) is 1. The van der Waals surface area contributed by atoms with Crippen LogP contribution in [-0.4, -0.2) is 58.7 Å². The zero-order valence-electron chi connectivity index (χ0n) is 20.7. The molecule has 2 fully saturated rings. The molecule has 5 nitrogen and oxygen atoms in total. The van der Waals surface area contributed by atoms with Crippen molar-refractivity contribution in [3.05, 3.63) is 70.9 Å². The van der Waals surface area contributed by atoms with Gasteiger partial charge in [-0.3, -0.25) is 9.59 Å². The lowest BCUT2D eigenvalue weighted by atomic mass is 9.88. The van der Waals surface area contributed by atoms with Crippen molar-refractivity contribution >= 4 is 22.6 Å². The second-order valence-electron chi connectivity index (χ2n) is 10.3. The fraction of sp³-hybridized carbons (Fsp3) is 0.448. The Hall–Kier alpha value is -3.06. The van der Waals surface area contributed by atoms with Crippen LogP contribution < -0.4 is 0 Å². The van der Waals surface area contributed by atoms with E-state index in [0.29, 0.717) is 18.5 Å². The average Bonchev–Trinajstić information content (AvgIpc) is 3.30. The van der Waals surface area contributed by atoms with Crippen molar-refractivity contribution in [1.82, 2.24) is 14.8 Å². The molecule has 190 valence electrons. The third kappa shape index (κ3) is 5.21. The summed E-state index contributed by atoms with van der Waals surface area (Å²) in [6, 6.07) is 11.5. The Labute approximate surface area is 210 Å². The molecule has 2 aromatic carbocycles. The highest BCUT2D eigenvalue weighted by atomic mass is 19.1. The molecule has 0 spiro atoms. The summed E-state index contributed by atoms with van der Waals surface area (Å²) >= 11 is 0. The normalized spacial score (nSPS) is 19.6. The van der Waals surface area contributed by atoms with Gasteiger partial charge in [-0.15, -0.1) is 0 Å². The summed E-state index contributed by atoms with van der Waals surface area (Å²) in [6.07, 6.45) is 5.38. The van der Waals surface area contributed by atoms with Gasteiger partial charge < -0.3 is 14.8 Å². The molecular weight excluding hydrogens is 460 g/mol. The molecule has 0 bridgehead atoms. The molecule has 0 radical (unpaired) electrons. The maximum Gasteiger partial charge on any atom is 0.270 e. The van der Waals surface area contributed by atoms with E-state index in [1.807, 2.05) is 24.0 Å². The highest BCUT2D eigenvalue weighted by molar-refractivity contribution is 5.99. The van der Waals surface area contributed by atoms with Crippen LogP contribution in [0.4, 0.5) is 8.78 Å². The summed E-state index contributed by atoms with van der Waals surface area (Å²) in [5.74, 6) is -1.85. The van der Waals surface area contributed by atoms with E-state index >= 15 is 0 Å². The first-order chi connectivity index (χ1) is 17.4. The smallest absolute Gasteiger partial charge is 0.270 e. The predicted molar refractivity (Wildman–Crippen MR) is 136 cm³/mol. The number of amides is 1. The van der Waals surface area contributed by atoms with Gasteiger partial charge >= 0.3 is 0 Å². The summed E-state index contributed by atoms with van der Waals surface area (Å²) in [6.45, 7) is 5.22. The number of likely N-dealkylation sites (tertiary alicyclic amines) is 2. The van der Waals surface area contributed by atoms with Crippen LogP contribution in [0.5, 0.6) is 0 Å². The number of H-pyrrole nitrogens is 1. The summed E-state index contributed by atoms with van der Waals surface area (Å²) < 4.78 is 27.3. The number of carbonyl (C=O) groups is 2. The molecule has 1 atom stereocenters. The van der Waals surface area contributed by atoms with E-state index in [2.05, 4.69) is 22.0 Å². The van der Waals surface area contributed by atoms with Crippen molar-refractivity contribution in [2.45, 2.75) is 51.5 Å². The van der Waals surface area contributed by atoms with Gasteiger partial charge in [0.2, 0.25) is 0 Å². The molecule has 3 aromatic rings. The minimum absolute atomic E-state index is 0.0154. The Morgan fingerprint density at radius 3 is 2.56 bits per heavy atom. The molecule has 7 heteroatoms. The van der Waals surface area contributed by atoms with Gasteiger partial charge in [0.25, 0.3) is 5.91 Å². The third-order valence-corrected chi connectivity index (χ3v) is 7.83. The van der Waals surface area contributed by atoms with Gasteiger partial charge in [0.05, 0.1) is 5.56 Å². The third-order valence-electron chi connectivity index (χ3n) is 7.83. The SMILES string of the molecule is Cc1ccc2cc(C(=O)N3CCCC[C@H]3CCN3CCC(C(=O)c4ccc(F)cc4F)CC3)[nH]c2c1. The quantitative estimate of drug-likeness (QED) is 0.446. The van der Waals surface area contributed by atoms with Crippen molar-refractivity contribution in [2.75, 3.05) is 26.2 Å². The molecular formula is C29H33F2N3O2. The highest BCUT2D eigenvalue weighted by Crippen LogP contribution is 2.27. The number of carbonyl (C=O) groups excluding carboxylic acids is 2. The number of fused-ring (bicyclic) bond motifs is 1. The van der Waals surface area contributed by atoms with Crippen LogP contribution in [0.1, 0.15) is 64.9 Å². The number of piperidine rings is 2. The zero-order valence-corrected chi connectivity index (χ0v) is 20.7. The molecule has 0 aliphatic carbocycles. The van der Waals surface area contributed by atoms with E-state index in [4.69, 9.17) is 0 Å². The first-order valence-electron chi connectivity index (χ1n) is 13.0. The van der Waals surface area contributed by atoms with Crippen LogP contribution in [0.15, 0.2) is 42.5 Å². The number of aryl methyl sites for hydroxylation is 1. The molecule has 0 saturated carbocycles. The van der Waals surface area contributed by atoms with Crippen molar-refractivity contribution in [2.24, 2.45) is 5.92 Å².